The quantitative estimate of drug-likeness (QED) is 0.788. The third kappa shape index (κ3) is 1.80. The van der Waals surface area contributed by atoms with Crippen LogP contribution in [0.2, 0.25) is 0 Å². The Bertz CT molecular complexity index is 541. The maximum atomic E-state index is 13.7. The van der Waals surface area contributed by atoms with Gasteiger partial charge in [0.25, 0.3) is 0 Å². The molecule has 0 saturated carbocycles. The van der Waals surface area contributed by atoms with Crippen LogP contribution in [0.3, 0.4) is 0 Å². The Morgan fingerprint density at radius 1 is 0.938 bits per heavy atom. The second-order valence-electron chi connectivity index (χ2n) is 3.30. The highest BCUT2D eigenvalue weighted by Crippen LogP contribution is 2.32. The predicted molar refractivity (Wildman–Crippen MR) is 63.9 cm³/mol. The van der Waals surface area contributed by atoms with Crippen LogP contribution in [0.1, 0.15) is 0 Å². The van der Waals surface area contributed by atoms with E-state index in [1.807, 2.05) is 6.07 Å². The molecule has 0 aliphatic carbocycles. The highest BCUT2D eigenvalue weighted by Gasteiger charge is 2.13. The molecule has 0 atom stereocenters. The number of nitrogens with two attached hydrogens (primary N) is 1. The maximum Gasteiger partial charge on any atom is 0.156 e. The number of benzene rings is 2. The lowest BCUT2D eigenvalue weighted by molar-refractivity contribution is 0.594. The lowest BCUT2D eigenvalue weighted by Gasteiger charge is -2.08. The Balaban J connectivity index is 2.66. The molecule has 2 aromatic rings. The maximum absolute atomic E-state index is 13.7. The summed E-state index contributed by atoms with van der Waals surface area (Å²) in [5, 5.41) is 0. The molecule has 0 spiro atoms. The van der Waals surface area contributed by atoms with Crippen molar-refractivity contribution in [2.45, 2.75) is 0 Å². The number of anilines is 1. The van der Waals surface area contributed by atoms with Gasteiger partial charge >= 0.3 is 0 Å². The largest absolute Gasteiger partial charge is 0.394 e. The summed E-state index contributed by atoms with van der Waals surface area (Å²) in [5.41, 5.74) is 5.78. The fourth-order valence-electron chi connectivity index (χ4n) is 1.46. The number of halogens is 3. The van der Waals surface area contributed by atoms with Gasteiger partial charge in [-0.15, -0.1) is 0 Å². The Labute approximate surface area is 100 Å². The van der Waals surface area contributed by atoms with Crippen LogP contribution < -0.4 is 5.73 Å². The topological polar surface area (TPSA) is 26.0 Å². The second kappa shape index (κ2) is 4.22. The van der Waals surface area contributed by atoms with Crippen LogP contribution in [-0.4, -0.2) is 0 Å². The van der Waals surface area contributed by atoms with Gasteiger partial charge < -0.3 is 5.73 Å². The standard InChI is InChI=1S/C12H8BrF2N/c13-9-4-2-1-3-7(9)8-5-6-10(14)12(16)11(8)15/h1-6H,16H2. The Morgan fingerprint density at radius 3 is 2.31 bits per heavy atom. The van der Waals surface area contributed by atoms with Gasteiger partial charge in [-0.25, -0.2) is 8.78 Å². The first-order chi connectivity index (χ1) is 7.61. The van der Waals surface area contributed by atoms with Gasteiger partial charge in [-0.05, 0) is 23.8 Å². The van der Waals surface area contributed by atoms with E-state index in [4.69, 9.17) is 5.73 Å². The zero-order valence-electron chi connectivity index (χ0n) is 8.18. The average molecular weight is 284 g/mol. The molecule has 0 saturated heterocycles. The zero-order valence-corrected chi connectivity index (χ0v) is 9.76. The molecular formula is C12H8BrF2N. The number of hydrogen-bond acceptors (Lipinski definition) is 1. The first-order valence-corrected chi connectivity index (χ1v) is 5.39. The Kier molecular flexibility index (Phi) is 2.92. The average Bonchev–Trinajstić information content (AvgIpc) is 2.28. The van der Waals surface area contributed by atoms with Crippen molar-refractivity contribution in [3.63, 3.8) is 0 Å². The molecule has 2 N–H and O–H groups in total. The molecule has 82 valence electrons. The molecule has 0 amide bonds. The normalized spacial score (nSPS) is 10.4. The summed E-state index contributed by atoms with van der Waals surface area (Å²) in [6.07, 6.45) is 0. The second-order valence-corrected chi connectivity index (χ2v) is 4.16. The van der Waals surface area contributed by atoms with Crippen LogP contribution in [0.5, 0.6) is 0 Å². The summed E-state index contributed by atoms with van der Waals surface area (Å²) < 4.78 is 27.5. The van der Waals surface area contributed by atoms with Crippen LogP contribution in [0.4, 0.5) is 14.5 Å². The molecule has 0 bridgehead atoms. The fraction of sp³-hybridized carbons (Fsp3) is 0. The van der Waals surface area contributed by atoms with Gasteiger partial charge in [0, 0.05) is 10.0 Å². The van der Waals surface area contributed by atoms with E-state index < -0.39 is 17.3 Å². The molecule has 2 aromatic carbocycles. The predicted octanol–water partition coefficient (Wildman–Crippen LogP) is 3.98. The van der Waals surface area contributed by atoms with Gasteiger partial charge in [0.15, 0.2) is 5.82 Å². The summed E-state index contributed by atoms with van der Waals surface area (Å²) in [6, 6.07) is 9.65. The van der Waals surface area contributed by atoms with Gasteiger partial charge in [-0.2, -0.15) is 0 Å². The van der Waals surface area contributed by atoms with Crippen LogP contribution >= 0.6 is 15.9 Å². The summed E-state index contributed by atoms with van der Waals surface area (Å²) in [6.45, 7) is 0. The van der Waals surface area contributed by atoms with Crippen LogP contribution in [0.15, 0.2) is 40.9 Å². The van der Waals surface area contributed by atoms with Gasteiger partial charge in [0.2, 0.25) is 0 Å². The first kappa shape index (κ1) is 11.1. The van der Waals surface area contributed by atoms with E-state index in [2.05, 4.69) is 15.9 Å². The van der Waals surface area contributed by atoms with Crippen molar-refractivity contribution in [1.29, 1.82) is 0 Å². The van der Waals surface area contributed by atoms with E-state index in [0.29, 0.717) is 5.56 Å². The van der Waals surface area contributed by atoms with Crippen molar-refractivity contribution in [2.75, 3.05) is 5.73 Å². The minimum Gasteiger partial charge on any atom is -0.394 e. The molecule has 0 aliphatic heterocycles. The molecular weight excluding hydrogens is 276 g/mol. The van der Waals surface area contributed by atoms with E-state index in [0.717, 1.165) is 10.5 Å². The molecule has 0 unspecified atom stereocenters. The van der Waals surface area contributed by atoms with E-state index in [1.54, 1.807) is 18.2 Å². The molecule has 4 heteroatoms. The van der Waals surface area contributed by atoms with E-state index in [-0.39, 0.29) is 5.56 Å². The third-order valence-corrected chi connectivity index (χ3v) is 2.98. The number of hydrogen-bond donors (Lipinski definition) is 1. The smallest absolute Gasteiger partial charge is 0.156 e. The minimum atomic E-state index is -0.742. The van der Waals surface area contributed by atoms with Gasteiger partial charge in [0.1, 0.15) is 11.5 Å². The van der Waals surface area contributed by atoms with Crippen molar-refractivity contribution in [3.8, 4) is 11.1 Å². The number of nitrogen functional groups attached to an aromatic ring is 1. The highest BCUT2D eigenvalue weighted by atomic mass is 79.9. The molecule has 0 aliphatic rings. The lowest BCUT2D eigenvalue weighted by atomic mass is 10.0. The number of rotatable bonds is 1. The minimum absolute atomic E-state index is 0.284. The molecule has 2 rings (SSSR count). The van der Waals surface area contributed by atoms with Crippen molar-refractivity contribution >= 4 is 21.6 Å². The lowest BCUT2D eigenvalue weighted by Crippen LogP contribution is -1.97. The monoisotopic (exact) mass is 283 g/mol. The Hall–Kier alpha value is -1.42. The van der Waals surface area contributed by atoms with E-state index >= 15 is 0 Å². The Morgan fingerprint density at radius 2 is 1.62 bits per heavy atom. The van der Waals surface area contributed by atoms with Gasteiger partial charge in [0.05, 0.1) is 0 Å². The summed E-state index contributed by atoms with van der Waals surface area (Å²) in [5.74, 6) is -1.47. The van der Waals surface area contributed by atoms with Gasteiger partial charge in [-0.3, -0.25) is 0 Å². The van der Waals surface area contributed by atoms with E-state index in [1.165, 1.54) is 6.07 Å². The molecule has 0 heterocycles. The zero-order chi connectivity index (χ0) is 11.7. The highest BCUT2D eigenvalue weighted by molar-refractivity contribution is 9.10. The van der Waals surface area contributed by atoms with Crippen molar-refractivity contribution in [3.05, 3.63) is 52.5 Å². The van der Waals surface area contributed by atoms with Crippen molar-refractivity contribution < 1.29 is 8.78 Å². The summed E-state index contributed by atoms with van der Waals surface area (Å²) in [7, 11) is 0. The van der Waals surface area contributed by atoms with Crippen molar-refractivity contribution in [2.24, 2.45) is 0 Å². The molecule has 16 heavy (non-hydrogen) atoms. The van der Waals surface area contributed by atoms with Gasteiger partial charge in [-0.1, -0.05) is 34.1 Å². The van der Waals surface area contributed by atoms with Crippen LogP contribution in [-0.2, 0) is 0 Å². The van der Waals surface area contributed by atoms with E-state index in [9.17, 15) is 8.78 Å². The molecule has 1 nitrogen and oxygen atoms in total. The molecule has 0 fully saturated rings. The summed E-state index contributed by atoms with van der Waals surface area (Å²) >= 11 is 3.31. The molecule has 0 radical (unpaired) electrons. The molecule has 0 aromatic heterocycles. The first-order valence-electron chi connectivity index (χ1n) is 4.59. The van der Waals surface area contributed by atoms with Crippen LogP contribution in [0.25, 0.3) is 11.1 Å². The van der Waals surface area contributed by atoms with Crippen LogP contribution in [0, 0.1) is 11.6 Å². The SMILES string of the molecule is Nc1c(F)ccc(-c2ccccc2Br)c1F. The fourth-order valence-corrected chi connectivity index (χ4v) is 1.96. The summed E-state index contributed by atoms with van der Waals surface area (Å²) in [4.78, 5) is 0. The third-order valence-electron chi connectivity index (χ3n) is 2.29. The van der Waals surface area contributed by atoms with Crippen molar-refractivity contribution in [1.82, 2.24) is 0 Å².